The average molecular weight is 408 g/mol. The molecule has 0 unspecified atom stereocenters. The van der Waals surface area contributed by atoms with Crippen molar-refractivity contribution in [1.82, 2.24) is 14.9 Å². The Kier molecular flexibility index (Phi) is 4.67. The van der Waals surface area contributed by atoms with Gasteiger partial charge in [-0.3, -0.25) is 14.6 Å². The summed E-state index contributed by atoms with van der Waals surface area (Å²) in [7, 11) is 1.79. The van der Waals surface area contributed by atoms with Gasteiger partial charge in [0.15, 0.2) is 0 Å². The van der Waals surface area contributed by atoms with E-state index in [4.69, 9.17) is 0 Å². The quantitative estimate of drug-likeness (QED) is 0.552. The van der Waals surface area contributed by atoms with Crippen molar-refractivity contribution in [2.45, 2.75) is 6.42 Å². The van der Waals surface area contributed by atoms with E-state index in [1.54, 1.807) is 30.3 Å². The Morgan fingerprint density at radius 2 is 1.84 bits per heavy atom. The van der Waals surface area contributed by atoms with Crippen molar-refractivity contribution in [1.29, 1.82) is 0 Å². The minimum Gasteiger partial charge on any atom is -0.341 e. The summed E-state index contributed by atoms with van der Waals surface area (Å²) in [6.07, 6.45) is 2.52. The molecule has 0 bridgehead atoms. The largest absolute Gasteiger partial charge is 0.341 e. The van der Waals surface area contributed by atoms with Crippen LogP contribution in [0.15, 0.2) is 72.9 Å². The molecule has 1 aliphatic heterocycles. The number of hydrogen-bond donors (Lipinski definition) is 1. The number of carbonyl (C=O) groups excluding carboxylic acids is 2. The van der Waals surface area contributed by atoms with Crippen molar-refractivity contribution < 1.29 is 9.59 Å². The molecule has 0 saturated heterocycles. The van der Waals surface area contributed by atoms with Crippen LogP contribution < -0.4 is 5.32 Å². The van der Waals surface area contributed by atoms with Crippen molar-refractivity contribution in [2.24, 2.45) is 0 Å². The van der Waals surface area contributed by atoms with Crippen molar-refractivity contribution in [3.05, 3.63) is 89.6 Å². The van der Waals surface area contributed by atoms with Gasteiger partial charge in [0, 0.05) is 36.4 Å². The lowest BCUT2D eigenvalue weighted by Gasteiger charge is -2.25. The average Bonchev–Trinajstić information content (AvgIpc) is 2.81. The number of pyridine rings is 2. The standard InChI is InChI=1S/C25H20N4O2/c1-29-13-11-16-9-10-17(14-19(16)25(29)31)27-24(30)20-15-23(22-8-4-5-12-26-22)28-21-7-3-2-6-18(20)21/h2-10,12,14-15H,11,13H2,1H3,(H,27,30). The summed E-state index contributed by atoms with van der Waals surface area (Å²) in [5.74, 6) is -0.281. The Morgan fingerprint density at radius 1 is 1.00 bits per heavy atom. The molecule has 6 nitrogen and oxygen atoms in total. The van der Waals surface area contributed by atoms with Gasteiger partial charge in [-0.2, -0.15) is 0 Å². The Bertz CT molecular complexity index is 1320. The first-order valence-electron chi connectivity index (χ1n) is 10.1. The molecule has 0 fully saturated rings. The predicted molar refractivity (Wildman–Crippen MR) is 120 cm³/mol. The van der Waals surface area contributed by atoms with Gasteiger partial charge >= 0.3 is 0 Å². The van der Waals surface area contributed by atoms with E-state index < -0.39 is 0 Å². The molecule has 0 atom stereocenters. The van der Waals surface area contributed by atoms with Gasteiger partial charge in [0.25, 0.3) is 11.8 Å². The van der Waals surface area contributed by atoms with E-state index in [2.05, 4.69) is 15.3 Å². The summed E-state index contributed by atoms with van der Waals surface area (Å²) in [6.45, 7) is 0.705. The van der Waals surface area contributed by atoms with Crippen molar-refractivity contribution >= 4 is 28.4 Å². The molecule has 2 amide bonds. The maximum absolute atomic E-state index is 13.3. The van der Waals surface area contributed by atoms with Crippen LogP contribution in [0.2, 0.25) is 0 Å². The molecule has 4 aromatic rings. The minimum atomic E-state index is -0.257. The molecule has 5 rings (SSSR count). The first-order chi connectivity index (χ1) is 15.1. The number of nitrogens with zero attached hydrogens (tertiary/aromatic N) is 3. The van der Waals surface area contributed by atoms with Crippen LogP contribution in [-0.4, -0.2) is 40.3 Å². The molecule has 1 N–H and O–H groups in total. The van der Waals surface area contributed by atoms with Crippen LogP contribution in [-0.2, 0) is 6.42 Å². The van der Waals surface area contributed by atoms with Crippen LogP contribution in [0.5, 0.6) is 0 Å². The molecule has 0 spiro atoms. The number of amides is 2. The number of carbonyl (C=O) groups is 2. The van der Waals surface area contributed by atoms with Crippen LogP contribution in [0, 0.1) is 0 Å². The lowest BCUT2D eigenvalue weighted by Crippen LogP contribution is -2.34. The first-order valence-corrected chi connectivity index (χ1v) is 10.1. The molecule has 0 saturated carbocycles. The number of nitrogens with one attached hydrogen (secondary N) is 1. The topological polar surface area (TPSA) is 75.2 Å². The van der Waals surface area contributed by atoms with E-state index in [-0.39, 0.29) is 11.8 Å². The Morgan fingerprint density at radius 3 is 2.68 bits per heavy atom. The normalized spacial score (nSPS) is 13.2. The fourth-order valence-electron chi connectivity index (χ4n) is 3.87. The summed E-state index contributed by atoms with van der Waals surface area (Å²) in [5.41, 5.74) is 4.79. The van der Waals surface area contributed by atoms with Crippen LogP contribution in [0.3, 0.4) is 0 Å². The monoisotopic (exact) mass is 408 g/mol. The predicted octanol–water partition coefficient (Wildman–Crippen LogP) is 4.18. The van der Waals surface area contributed by atoms with Crippen LogP contribution in [0.1, 0.15) is 26.3 Å². The number of fused-ring (bicyclic) bond motifs is 2. The second-order valence-electron chi connectivity index (χ2n) is 7.59. The van der Waals surface area contributed by atoms with Gasteiger partial charge in [-0.15, -0.1) is 0 Å². The number of rotatable bonds is 3. The molecule has 0 aliphatic carbocycles. The fourth-order valence-corrected chi connectivity index (χ4v) is 3.87. The molecule has 1 aliphatic rings. The number of anilines is 1. The molecular weight excluding hydrogens is 388 g/mol. The van der Waals surface area contributed by atoms with Gasteiger partial charge < -0.3 is 10.2 Å². The van der Waals surface area contributed by atoms with Crippen LogP contribution in [0.4, 0.5) is 5.69 Å². The number of aromatic nitrogens is 2. The highest BCUT2D eigenvalue weighted by atomic mass is 16.2. The highest BCUT2D eigenvalue weighted by Gasteiger charge is 2.22. The van der Waals surface area contributed by atoms with Gasteiger partial charge in [-0.05, 0) is 48.4 Å². The molecular formula is C25H20N4O2. The number of para-hydroxylation sites is 1. The minimum absolute atomic E-state index is 0.0239. The van der Waals surface area contributed by atoms with Crippen molar-refractivity contribution in [2.75, 3.05) is 18.9 Å². The summed E-state index contributed by atoms with van der Waals surface area (Å²) < 4.78 is 0. The number of likely N-dealkylation sites (N-methyl/N-ethyl adjacent to an activating group) is 1. The maximum Gasteiger partial charge on any atom is 0.256 e. The Labute approximate surface area is 179 Å². The molecule has 31 heavy (non-hydrogen) atoms. The van der Waals surface area contributed by atoms with E-state index in [1.807, 2.05) is 54.6 Å². The molecule has 6 heteroatoms. The molecule has 0 radical (unpaired) electrons. The lowest BCUT2D eigenvalue weighted by molar-refractivity contribution is 0.0780. The van der Waals surface area contributed by atoms with E-state index in [0.717, 1.165) is 22.9 Å². The first kappa shape index (κ1) is 18.9. The highest BCUT2D eigenvalue weighted by molar-refractivity contribution is 6.13. The number of hydrogen-bond acceptors (Lipinski definition) is 4. The second kappa shape index (κ2) is 7.65. The lowest BCUT2D eigenvalue weighted by atomic mass is 9.98. The SMILES string of the molecule is CN1CCc2ccc(NC(=O)c3cc(-c4ccccn4)nc4ccccc34)cc2C1=O. The van der Waals surface area contributed by atoms with Crippen molar-refractivity contribution in [3.8, 4) is 11.4 Å². The number of benzene rings is 2. The summed E-state index contributed by atoms with van der Waals surface area (Å²) in [4.78, 5) is 36.5. The zero-order chi connectivity index (χ0) is 21.4. The molecule has 2 aromatic carbocycles. The molecule has 152 valence electrons. The van der Waals surface area contributed by atoms with E-state index in [9.17, 15) is 9.59 Å². The van der Waals surface area contributed by atoms with Gasteiger partial charge in [0.1, 0.15) is 0 Å². The third kappa shape index (κ3) is 3.53. The Balaban J connectivity index is 1.54. The second-order valence-corrected chi connectivity index (χ2v) is 7.59. The highest BCUT2D eigenvalue weighted by Crippen LogP contribution is 2.26. The van der Waals surface area contributed by atoms with E-state index in [0.29, 0.717) is 34.7 Å². The summed E-state index contributed by atoms with van der Waals surface area (Å²) in [6, 6.07) is 20.4. The third-order valence-electron chi connectivity index (χ3n) is 5.55. The van der Waals surface area contributed by atoms with E-state index >= 15 is 0 Å². The van der Waals surface area contributed by atoms with Crippen LogP contribution >= 0.6 is 0 Å². The van der Waals surface area contributed by atoms with E-state index in [1.165, 1.54) is 0 Å². The maximum atomic E-state index is 13.3. The molecule has 3 heterocycles. The zero-order valence-corrected chi connectivity index (χ0v) is 17.0. The van der Waals surface area contributed by atoms with Gasteiger partial charge in [0.2, 0.25) is 0 Å². The smallest absolute Gasteiger partial charge is 0.256 e. The zero-order valence-electron chi connectivity index (χ0n) is 17.0. The summed E-state index contributed by atoms with van der Waals surface area (Å²) >= 11 is 0. The Hall–Kier alpha value is -4.06. The van der Waals surface area contributed by atoms with Crippen LogP contribution in [0.25, 0.3) is 22.3 Å². The summed E-state index contributed by atoms with van der Waals surface area (Å²) in [5, 5.41) is 3.71. The van der Waals surface area contributed by atoms with Crippen molar-refractivity contribution in [3.63, 3.8) is 0 Å². The van der Waals surface area contributed by atoms with Gasteiger partial charge in [-0.1, -0.05) is 30.3 Å². The van der Waals surface area contributed by atoms with Gasteiger partial charge in [-0.25, -0.2) is 4.98 Å². The molecule has 2 aromatic heterocycles. The van der Waals surface area contributed by atoms with Gasteiger partial charge in [0.05, 0.1) is 22.5 Å². The third-order valence-corrected chi connectivity index (χ3v) is 5.55. The fraction of sp³-hybridized carbons (Fsp3) is 0.120.